The molecule has 0 spiro atoms. The van der Waals surface area contributed by atoms with Crippen LogP contribution < -0.4 is 10.3 Å². The lowest BCUT2D eigenvalue weighted by atomic mass is 10.0. The number of tetrazole rings is 1. The smallest absolute Gasteiger partial charge is 0.253 e. The maximum absolute atomic E-state index is 13.3. The number of nitrogens with zero attached hydrogens (tertiary/aromatic N) is 5. The Morgan fingerprint density at radius 1 is 1.15 bits per heavy atom. The highest BCUT2D eigenvalue weighted by atomic mass is 16.5. The van der Waals surface area contributed by atoms with Crippen LogP contribution in [0.3, 0.4) is 0 Å². The molecule has 0 unspecified atom stereocenters. The van der Waals surface area contributed by atoms with Crippen LogP contribution in [-0.4, -0.2) is 63.5 Å². The molecule has 33 heavy (non-hydrogen) atoms. The number of hydrogen-bond acceptors (Lipinski definition) is 7. The predicted molar refractivity (Wildman–Crippen MR) is 123 cm³/mol. The van der Waals surface area contributed by atoms with E-state index >= 15 is 0 Å². The van der Waals surface area contributed by atoms with Crippen LogP contribution in [-0.2, 0) is 11.3 Å². The Morgan fingerprint density at radius 3 is 2.70 bits per heavy atom. The molecular weight excluding hydrogens is 420 g/mol. The number of rotatable bonds is 6. The van der Waals surface area contributed by atoms with Gasteiger partial charge in [-0.2, -0.15) is 0 Å². The zero-order valence-electron chi connectivity index (χ0n) is 18.7. The fraction of sp³-hybridized carbons (Fsp3) is 0.333. The Bertz CT molecular complexity index is 1310. The molecule has 1 saturated heterocycles. The van der Waals surface area contributed by atoms with Crippen LogP contribution in [0.25, 0.3) is 10.9 Å². The minimum Gasteiger partial charge on any atom is -0.497 e. The zero-order chi connectivity index (χ0) is 22.8. The molecular formula is C24H26N6O3. The van der Waals surface area contributed by atoms with Gasteiger partial charge in [-0.1, -0.05) is 30.3 Å². The van der Waals surface area contributed by atoms with Gasteiger partial charge in [0, 0.05) is 18.7 Å². The topological polar surface area (TPSA) is 98.2 Å². The Morgan fingerprint density at radius 2 is 1.94 bits per heavy atom. The predicted octanol–water partition coefficient (Wildman–Crippen LogP) is 2.30. The number of nitrogens with one attached hydrogen (secondary N) is 1. The second-order valence-corrected chi connectivity index (χ2v) is 8.19. The van der Waals surface area contributed by atoms with Crippen molar-refractivity contribution in [2.24, 2.45) is 0 Å². The molecule has 0 amide bonds. The number of fused-ring (bicyclic) bond motifs is 1. The summed E-state index contributed by atoms with van der Waals surface area (Å²) in [5.74, 6) is 1.42. The number of aromatic amines is 1. The van der Waals surface area contributed by atoms with Crippen LogP contribution in [0, 0.1) is 6.92 Å². The Balaban J connectivity index is 1.59. The second-order valence-electron chi connectivity index (χ2n) is 8.19. The molecule has 0 radical (unpaired) electrons. The van der Waals surface area contributed by atoms with E-state index in [1.165, 1.54) is 0 Å². The molecule has 0 saturated carbocycles. The SMILES string of the molecule is COc1ccc(Cn2nnnc2[C@@H](c2cc3cccc(C)c3[nH]c2=O)N2CCOCC2)cc1. The molecule has 3 heterocycles. The van der Waals surface area contributed by atoms with Gasteiger partial charge in [-0.15, -0.1) is 5.10 Å². The third-order valence-corrected chi connectivity index (χ3v) is 6.12. The lowest BCUT2D eigenvalue weighted by Crippen LogP contribution is -2.42. The summed E-state index contributed by atoms with van der Waals surface area (Å²) in [7, 11) is 1.64. The van der Waals surface area contributed by atoms with E-state index < -0.39 is 6.04 Å². The van der Waals surface area contributed by atoms with Crippen LogP contribution in [0.1, 0.15) is 28.6 Å². The summed E-state index contributed by atoms with van der Waals surface area (Å²) in [4.78, 5) is 18.6. The van der Waals surface area contributed by atoms with Gasteiger partial charge in [0.15, 0.2) is 5.82 Å². The van der Waals surface area contributed by atoms with Gasteiger partial charge in [0.2, 0.25) is 0 Å². The van der Waals surface area contributed by atoms with E-state index in [2.05, 4.69) is 25.4 Å². The third-order valence-electron chi connectivity index (χ3n) is 6.12. The van der Waals surface area contributed by atoms with Crippen LogP contribution in [0.2, 0.25) is 0 Å². The molecule has 9 nitrogen and oxygen atoms in total. The summed E-state index contributed by atoms with van der Waals surface area (Å²) in [5, 5.41) is 13.6. The first-order chi connectivity index (χ1) is 16.1. The van der Waals surface area contributed by atoms with Gasteiger partial charge in [-0.05, 0) is 52.1 Å². The van der Waals surface area contributed by atoms with E-state index in [9.17, 15) is 4.79 Å². The molecule has 1 aliphatic heterocycles. The van der Waals surface area contributed by atoms with Crippen molar-refractivity contribution in [2.75, 3.05) is 33.4 Å². The van der Waals surface area contributed by atoms with Crippen molar-refractivity contribution in [1.82, 2.24) is 30.1 Å². The minimum atomic E-state index is -0.393. The highest BCUT2D eigenvalue weighted by Crippen LogP contribution is 2.28. The highest BCUT2D eigenvalue weighted by Gasteiger charge is 2.31. The van der Waals surface area contributed by atoms with E-state index in [4.69, 9.17) is 9.47 Å². The summed E-state index contributed by atoms with van der Waals surface area (Å²) in [5.41, 5.74) is 3.41. The number of pyridine rings is 1. The van der Waals surface area contributed by atoms with Crippen LogP contribution in [0.5, 0.6) is 5.75 Å². The monoisotopic (exact) mass is 446 g/mol. The summed E-state index contributed by atoms with van der Waals surface area (Å²) < 4.78 is 12.6. The second kappa shape index (κ2) is 9.13. The molecule has 2 aromatic heterocycles. The van der Waals surface area contributed by atoms with Crippen molar-refractivity contribution in [2.45, 2.75) is 19.5 Å². The maximum Gasteiger partial charge on any atom is 0.253 e. The fourth-order valence-corrected chi connectivity index (χ4v) is 4.36. The molecule has 5 rings (SSSR count). The van der Waals surface area contributed by atoms with Gasteiger partial charge in [-0.3, -0.25) is 9.69 Å². The van der Waals surface area contributed by atoms with Gasteiger partial charge in [0.05, 0.1) is 32.4 Å². The van der Waals surface area contributed by atoms with E-state index in [1.54, 1.807) is 11.8 Å². The van der Waals surface area contributed by atoms with Crippen LogP contribution in [0.4, 0.5) is 0 Å². The number of aryl methyl sites for hydroxylation is 1. The number of methoxy groups -OCH3 is 1. The Kier molecular flexibility index (Phi) is 5.89. The minimum absolute atomic E-state index is 0.132. The molecule has 1 atom stereocenters. The number of ether oxygens (including phenoxy) is 2. The van der Waals surface area contributed by atoms with Crippen molar-refractivity contribution in [3.05, 3.63) is 81.4 Å². The summed E-state index contributed by atoms with van der Waals surface area (Å²) in [6, 6.07) is 15.4. The van der Waals surface area contributed by atoms with Gasteiger partial charge in [-0.25, -0.2) is 4.68 Å². The van der Waals surface area contributed by atoms with Crippen molar-refractivity contribution in [3.8, 4) is 5.75 Å². The number of benzene rings is 2. The van der Waals surface area contributed by atoms with E-state index in [0.717, 1.165) is 27.8 Å². The first kappa shape index (κ1) is 21.3. The first-order valence-electron chi connectivity index (χ1n) is 11.0. The molecule has 1 N–H and O–H groups in total. The van der Waals surface area contributed by atoms with Gasteiger partial charge in [0.25, 0.3) is 5.56 Å². The van der Waals surface area contributed by atoms with Crippen LogP contribution >= 0.6 is 0 Å². The molecule has 4 aromatic rings. The van der Waals surface area contributed by atoms with Gasteiger partial charge < -0.3 is 14.5 Å². The van der Waals surface area contributed by atoms with Crippen molar-refractivity contribution < 1.29 is 9.47 Å². The van der Waals surface area contributed by atoms with Crippen LogP contribution in [0.15, 0.2) is 53.3 Å². The fourth-order valence-electron chi connectivity index (χ4n) is 4.36. The average Bonchev–Trinajstić information content (AvgIpc) is 3.29. The summed E-state index contributed by atoms with van der Waals surface area (Å²) in [6.45, 7) is 5.05. The number of H-pyrrole nitrogens is 1. The summed E-state index contributed by atoms with van der Waals surface area (Å²) >= 11 is 0. The first-order valence-corrected chi connectivity index (χ1v) is 11.0. The maximum atomic E-state index is 13.3. The van der Waals surface area contributed by atoms with Gasteiger partial charge >= 0.3 is 0 Å². The number of aromatic nitrogens is 5. The standard InChI is InChI=1S/C24H26N6O3/c1-16-4-3-5-18-14-20(24(31)25-21(16)18)22(29-10-12-33-13-11-29)23-26-27-28-30(23)15-17-6-8-19(32-2)9-7-17/h3-9,14,22H,10-13,15H2,1-2H3,(H,25,31)/t22-/m1/s1. The molecule has 170 valence electrons. The number of morpholine rings is 1. The molecule has 1 fully saturated rings. The molecule has 2 aromatic carbocycles. The highest BCUT2D eigenvalue weighted by molar-refractivity contribution is 5.82. The molecule has 1 aliphatic rings. The molecule has 0 aliphatic carbocycles. The van der Waals surface area contributed by atoms with Crippen molar-refractivity contribution >= 4 is 10.9 Å². The zero-order valence-corrected chi connectivity index (χ0v) is 18.7. The van der Waals surface area contributed by atoms with Gasteiger partial charge in [0.1, 0.15) is 11.8 Å². The normalized spacial score (nSPS) is 15.6. The lowest BCUT2D eigenvalue weighted by Gasteiger charge is -2.33. The van der Waals surface area contributed by atoms with Crippen molar-refractivity contribution in [3.63, 3.8) is 0 Å². The van der Waals surface area contributed by atoms with Crippen molar-refractivity contribution in [1.29, 1.82) is 0 Å². The largest absolute Gasteiger partial charge is 0.497 e. The van der Waals surface area contributed by atoms with E-state index in [-0.39, 0.29) is 5.56 Å². The Labute approximate surface area is 190 Å². The third kappa shape index (κ3) is 4.24. The quantitative estimate of drug-likeness (QED) is 0.485. The average molecular weight is 447 g/mol. The van der Waals surface area contributed by atoms with E-state index in [0.29, 0.717) is 44.2 Å². The lowest BCUT2D eigenvalue weighted by molar-refractivity contribution is 0.0214. The Hall–Kier alpha value is -3.56. The summed E-state index contributed by atoms with van der Waals surface area (Å²) in [6.07, 6.45) is 0. The number of para-hydroxylation sites is 1. The molecule has 9 heteroatoms. The number of hydrogen-bond donors (Lipinski definition) is 1. The van der Waals surface area contributed by atoms with E-state index in [1.807, 2.05) is 55.5 Å². The molecule has 0 bridgehead atoms.